The number of nitrogens with zero attached hydrogens (tertiary/aromatic N) is 4. The molecule has 0 amide bonds. The van der Waals surface area contributed by atoms with Gasteiger partial charge in [-0.05, 0) is 6.92 Å². The minimum Gasteiger partial charge on any atom is -0.366 e. The van der Waals surface area contributed by atoms with Crippen molar-refractivity contribution in [2.75, 3.05) is 5.32 Å². The smallest absolute Gasteiger partial charge is 0.366 e. The van der Waals surface area contributed by atoms with Gasteiger partial charge in [0.05, 0.1) is 12.4 Å². The maximum absolute atomic E-state index is 12.9. The van der Waals surface area contributed by atoms with Crippen molar-refractivity contribution in [1.29, 1.82) is 0 Å². The van der Waals surface area contributed by atoms with E-state index in [1.807, 2.05) is 6.92 Å². The molecule has 2 aromatic rings. The molecule has 0 atom stereocenters. The number of alkyl halides is 3. The maximum Gasteiger partial charge on any atom is 0.433 e. The lowest BCUT2D eigenvalue weighted by molar-refractivity contribution is -0.144. The van der Waals surface area contributed by atoms with E-state index < -0.39 is 11.9 Å². The van der Waals surface area contributed by atoms with Crippen LogP contribution in [0.3, 0.4) is 0 Å². The lowest BCUT2D eigenvalue weighted by Crippen LogP contribution is -2.16. The van der Waals surface area contributed by atoms with Crippen LogP contribution in [0.1, 0.15) is 16.8 Å². The van der Waals surface area contributed by atoms with Gasteiger partial charge in [0.2, 0.25) is 0 Å². The number of halogens is 3. The van der Waals surface area contributed by atoms with Gasteiger partial charge in [-0.1, -0.05) is 0 Å². The van der Waals surface area contributed by atoms with Gasteiger partial charge in [0.1, 0.15) is 11.5 Å². The van der Waals surface area contributed by atoms with Gasteiger partial charge in [0.15, 0.2) is 0 Å². The van der Waals surface area contributed by atoms with Crippen LogP contribution in [-0.2, 0) is 26.8 Å². The molecule has 0 radical (unpaired) electrons. The number of aryl methyl sites for hydroxylation is 3. The summed E-state index contributed by atoms with van der Waals surface area (Å²) in [6.45, 7) is 1.88. The molecular weight excluding hydrogens is 259 g/mol. The molecule has 2 heterocycles. The van der Waals surface area contributed by atoms with Gasteiger partial charge in [0.25, 0.3) is 0 Å². The van der Waals surface area contributed by atoms with Crippen molar-refractivity contribution in [3.63, 3.8) is 0 Å². The first kappa shape index (κ1) is 13.4. The third-order valence-corrected chi connectivity index (χ3v) is 2.85. The summed E-state index contributed by atoms with van der Waals surface area (Å²) >= 11 is 0. The highest BCUT2D eigenvalue weighted by Gasteiger charge is 2.37. The lowest BCUT2D eigenvalue weighted by atomic mass is 10.2. The predicted octanol–water partition coefficient (Wildman–Crippen LogP) is 2.09. The molecule has 19 heavy (non-hydrogen) atoms. The maximum atomic E-state index is 12.9. The molecule has 5 nitrogen and oxygen atoms in total. The van der Waals surface area contributed by atoms with E-state index in [2.05, 4.69) is 15.5 Å². The second-order valence-corrected chi connectivity index (χ2v) is 4.29. The van der Waals surface area contributed by atoms with Crippen molar-refractivity contribution in [1.82, 2.24) is 19.6 Å². The van der Waals surface area contributed by atoms with Crippen LogP contribution < -0.4 is 5.32 Å². The molecule has 0 aliphatic heterocycles. The number of anilines is 1. The highest BCUT2D eigenvalue weighted by molar-refractivity contribution is 5.43. The molecule has 2 rings (SSSR count). The molecule has 0 bridgehead atoms. The molecule has 0 aliphatic carbocycles. The standard InChI is InChI=1S/C11H14F3N5/c1-7-4-16-19(3)10(7)15-5-8-6-17-18(2)9(8)11(12,13)14/h4,6,15H,5H2,1-3H3. The number of nitrogens with one attached hydrogen (secondary N) is 1. The lowest BCUT2D eigenvalue weighted by Gasteiger charge is -2.11. The van der Waals surface area contributed by atoms with Crippen LogP contribution in [0.15, 0.2) is 12.4 Å². The van der Waals surface area contributed by atoms with Gasteiger partial charge in [-0.3, -0.25) is 9.36 Å². The highest BCUT2D eigenvalue weighted by atomic mass is 19.4. The van der Waals surface area contributed by atoms with Gasteiger partial charge >= 0.3 is 6.18 Å². The van der Waals surface area contributed by atoms with Crippen LogP contribution in [0.5, 0.6) is 0 Å². The molecule has 104 valence electrons. The summed E-state index contributed by atoms with van der Waals surface area (Å²) in [7, 11) is 3.00. The molecule has 2 aromatic heterocycles. The van der Waals surface area contributed by atoms with Crippen LogP contribution in [0.25, 0.3) is 0 Å². The van der Waals surface area contributed by atoms with Crippen molar-refractivity contribution in [3.05, 3.63) is 29.2 Å². The Kier molecular flexibility index (Phi) is 3.25. The van der Waals surface area contributed by atoms with E-state index in [0.717, 1.165) is 10.2 Å². The van der Waals surface area contributed by atoms with Crippen LogP contribution in [0, 0.1) is 6.92 Å². The fraction of sp³-hybridized carbons (Fsp3) is 0.455. The topological polar surface area (TPSA) is 47.7 Å². The Labute approximate surface area is 108 Å². The number of hydrogen-bond acceptors (Lipinski definition) is 3. The minimum atomic E-state index is -4.41. The Morgan fingerprint density at radius 3 is 2.32 bits per heavy atom. The quantitative estimate of drug-likeness (QED) is 0.931. The summed E-state index contributed by atoms with van der Waals surface area (Å²) in [6.07, 6.45) is -1.54. The fourth-order valence-electron chi connectivity index (χ4n) is 1.96. The van der Waals surface area contributed by atoms with Crippen molar-refractivity contribution < 1.29 is 13.2 Å². The number of rotatable bonds is 3. The Morgan fingerprint density at radius 2 is 1.79 bits per heavy atom. The van der Waals surface area contributed by atoms with Crippen molar-refractivity contribution in [3.8, 4) is 0 Å². The van der Waals surface area contributed by atoms with E-state index in [1.165, 1.54) is 13.2 Å². The number of hydrogen-bond donors (Lipinski definition) is 1. The molecule has 0 saturated carbocycles. The second kappa shape index (κ2) is 4.60. The normalized spacial score (nSPS) is 11.9. The third-order valence-electron chi connectivity index (χ3n) is 2.85. The van der Waals surface area contributed by atoms with E-state index in [-0.39, 0.29) is 12.1 Å². The summed E-state index contributed by atoms with van der Waals surface area (Å²) in [5.74, 6) is 0.692. The molecule has 0 unspecified atom stereocenters. The van der Waals surface area contributed by atoms with E-state index in [0.29, 0.717) is 5.82 Å². The minimum absolute atomic E-state index is 0.0447. The van der Waals surface area contributed by atoms with E-state index in [9.17, 15) is 13.2 Å². The van der Waals surface area contributed by atoms with Gasteiger partial charge in [0, 0.05) is 31.8 Å². The Bertz CT molecular complexity index is 562. The van der Waals surface area contributed by atoms with Gasteiger partial charge in [-0.15, -0.1) is 0 Å². The molecule has 0 aromatic carbocycles. The Morgan fingerprint density at radius 1 is 1.16 bits per heavy atom. The monoisotopic (exact) mass is 273 g/mol. The summed E-state index contributed by atoms with van der Waals surface area (Å²) in [6, 6.07) is 0. The zero-order valence-electron chi connectivity index (χ0n) is 10.8. The van der Waals surface area contributed by atoms with Crippen LogP contribution in [0.4, 0.5) is 19.0 Å². The molecule has 0 aliphatic rings. The van der Waals surface area contributed by atoms with Crippen LogP contribution >= 0.6 is 0 Å². The van der Waals surface area contributed by atoms with Gasteiger partial charge < -0.3 is 5.32 Å². The summed E-state index contributed by atoms with van der Waals surface area (Å²) in [5, 5.41) is 10.6. The summed E-state index contributed by atoms with van der Waals surface area (Å²) in [5.41, 5.74) is 0.246. The Balaban J connectivity index is 2.22. The van der Waals surface area contributed by atoms with Crippen molar-refractivity contribution in [2.24, 2.45) is 14.1 Å². The predicted molar refractivity (Wildman–Crippen MR) is 63.5 cm³/mol. The zero-order valence-corrected chi connectivity index (χ0v) is 10.8. The van der Waals surface area contributed by atoms with E-state index in [4.69, 9.17) is 0 Å². The van der Waals surface area contributed by atoms with Gasteiger partial charge in [-0.25, -0.2) is 0 Å². The molecule has 0 saturated heterocycles. The summed E-state index contributed by atoms with van der Waals surface area (Å²) < 4.78 is 41.0. The second-order valence-electron chi connectivity index (χ2n) is 4.29. The molecule has 0 spiro atoms. The van der Waals surface area contributed by atoms with Crippen LogP contribution in [-0.4, -0.2) is 19.6 Å². The van der Waals surface area contributed by atoms with E-state index in [1.54, 1.807) is 17.9 Å². The molecule has 1 N–H and O–H groups in total. The van der Waals surface area contributed by atoms with E-state index >= 15 is 0 Å². The molecule has 0 fully saturated rings. The highest BCUT2D eigenvalue weighted by Crippen LogP contribution is 2.31. The average molecular weight is 273 g/mol. The van der Waals surface area contributed by atoms with Crippen LogP contribution in [0.2, 0.25) is 0 Å². The first-order chi connectivity index (χ1) is 8.80. The van der Waals surface area contributed by atoms with Crippen molar-refractivity contribution >= 4 is 5.82 Å². The fourth-order valence-corrected chi connectivity index (χ4v) is 1.96. The third kappa shape index (κ3) is 2.56. The largest absolute Gasteiger partial charge is 0.433 e. The zero-order chi connectivity index (χ0) is 14.2. The van der Waals surface area contributed by atoms with Crippen molar-refractivity contribution in [2.45, 2.75) is 19.6 Å². The summed E-state index contributed by atoms with van der Waals surface area (Å²) in [4.78, 5) is 0. The Hall–Kier alpha value is -1.99. The molecule has 8 heteroatoms. The number of aromatic nitrogens is 4. The molecular formula is C11H14F3N5. The SMILES string of the molecule is Cc1cnn(C)c1NCc1cnn(C)c1C(F)(F)F. The van der Waals surface area contributed by atoms with Gasteiger partial charge in [-0.2, -0.15) is 23.4 Å². The average Bonchev–Trinajstić information content (AvgIpc) is 2.80. The first-order valence-electron chi connectivity index (χ1n) is 5.61. The first-order valence-corrected chi connectivity index (χ1v) is 5.61.